The molecule has 0 unspecified atom stereocenters. The molecule has 0 atom stereocenters. The molecule has 0 bridgehead atoms. The molecule has 90 valence electrons. The van der Waals surface area contributed by atoms with Crippen molar-refractivity contribution in [2.24, 2.45) is 0 Å². The molecule has 5 nitrogen and oxygen atoms in total. The maximum absolute atomic E-state index is 11.0. The van der Waals surface area contributed by atoms with Crippen molar-refractivity contribution < 1.29 is 9.90 Å². The van der Waals surface area contributed by atoms with E-state index >= 15 is 0 Å². The summed E-state index contributed by atoms with van der Waals surface area (Å²) in [7, 11) is 0. The van der Waals surface area contributed by atoms with Gasteiger partial charge >= 0.3 is 5.97 Å². The average molecular weight is 345 g/mol. The van der Waals surface area contributed by atoms with Gasteiger partial charge in [-0.3, -0.25) is 0 Å². The minimum Gasteiger partial charge on any atom is -0.477 e. The van der Waals surface area contributed by atoms with Crippen molar-refractivity contribution in [1.29, 1.82) is 0 Å². The first-order chi connectivity index (χ1) is 8.16. The molecule has 2 heterocycles. The van der Waals surface area contributed by atoms with Gasteiger partial charge in [0.25, 0.3) is 0 Å². The van der Waals surface area contributed by atoms with Crippen LogP contribution in [0.3, 0.4) is 0 Å². The van der Waals surface area contributed by atoms with E-state index in [1.807, 2.05) is 17.0 Å². The van der Waals surface area contributed by atoms with E-state index in [4.69, 9.17) is 5.11 Å². The Kier molecular flexibility index (Phi) is 3.82. The Bertz CT molecular complexity index is 505. The highest BCUT2D eigenvalue weighted by Crippen LogP contribution is 2.12. The van der Waals surface area contributed by atoms with E-state index in [0.717, 1.165) is 16.5 Å². The smallest absolute Gasteiger partial charge is 0.352 e. The third-order valence-corrected chi connectivity index (χ3v) is 3.05. The van der Waals surface area contributed by atoms with E-state index in [0.29, 0.717) is 12.2 Å². The van der Waals surface area contributed by atoms with Crippen LogP contribution < -0.4 is 0 Å². The zero-order valence-electron chi connectivity index (χ0n) is 9.08. The summed E-state index contributed by atoms with van der Waals surface area (Å²) >= 11 is 2.12. The number of carbonyl (C=O) groups is 1. The van der Waals surface area contributed by atoms with E-state index in [1.54, 1.807) is 23.2 Å². The molecule has 0 spiro atoms. The van der Waals surface area contributed by atoms with Gasteiger partial charge in [0, 0.05) is 35.3 Å². The second kappa shape index (κ2) is 5.35. The molecular formula is C11H12IN3O2. The van der Waals surface area contributed by atoms with Crippen molar-refractivity contribution in [1.82, 2.24) is 14.1 Å². The Labute approximate surface area is 112 Å². The van der Waals surface area contributed by atoms with Crippen LogP contribution in [-0.4, -0.2) is 25.2 Å². The molecule has 1 N–H and O–H groups in total. The van der Waals surface area contributed by atoms with Crippen LogP contribution in [-0.2, 0) is 13.1 Å². The molecule has 6 heteroatoms. The molecule has 0 aliphatic carbocycles. The topological polar surface area (TPSA) is 60.0 Å². The summed E-state index contributed by atoms with van der Waals surface area (Å²) in [5.74, 6) is -0.879. The van der Waals surface area contributed by atoms with Gasteiger partial charge in [-0.2, -0.15) is 0 Å². The fraction of sp³-hybridized carbons (Fsp3) is 0.273. The van der Waals surface area contributed by atoms with Gasteiger partial charge < -0.3 is 14.2 Å². The second-order valence-corrected chi connectivity index (χ2v) is 4.94. The first-order valence-electron chi connectivity index (χ1n) is 5.21. The Hall–Kier alpha value is -1.31. The number of hydrogen-bond donors (Lipinski definition) is 1. The highest BCUT2D eigenvalue weighted by Gasteiger charge is 2.10. The third-order valence-electron chi connectivity index (χ3n) is 2.46. The first kappa shape index (κ1) is 12.2. The summed E-state index contributed by atoms with van der Waals surface area (Å²) in [5, 5.41) is 9.02. The summed E-state index contributed by atoms with van der Waals surface area (Å²) in [6.45, 7) is 1.54. The van der Waals surface area contributed by atoms with Gasteiger partial charge in [-0.1, -0.05) is 0 Å². The van der Waals surface area contributed by atoms with E-state index in [-0.39, 0.29) is 0 Å². The fourth-order valence-electron chi connectivity index (χ4n) is 1.68. The largest absolute Gasteiger partial charge is 0.477 e. The summed E-state index contributed by atoms with van der Waals surface area (Å²) in [4.78, 5) is 14.9. The van der Waals surface area contributed by atoms with E-state index in [1.165, 1.54) is 0 Å². The number of hydrogen-bond acceptors (Lipinski definition) is 2. The van der Waals surface area contributed by atoms with Gasteiger partial charge in [0.05, 0.1) is 6.33 Å². The summed E-state index contributed by atoms with van der Waals surface area (Å²) in [6, 6.07) is 1.68. The third kappa shape index (κ3) is 3.09. The lowest BCUT2D eigenvalue weighted by molar-refractivity contribution is 0.0685. The van der Waals surface area contributed by atoms with Crippen LogP contribution >= 0.6 is 22.6 Å². The molecule has 0 fully saturated rings. The average Bonchev–Trinajstić information content (AvgIpc) is 2.88. The zero-order chi connectivity index (χ0) is 12.3. The van der Waals surface area contributed by atoms with Crippen molar-refractivity contribution in [2.45, 2.75) is 19.5 Å². The number of aryl methyl sites for hydroxylation is 2. The predicted octanol–water partition coefficient (Wildman–Crippen LogP) is 2.08. The Morgan fingerprint density at radius 1 is 1.47 bits per heavy atom. The molecule has 0 saturated heterocycles. The lowest BCUT2D eigenvalue weighted by atomic mass is 10.4. The van der Waals surface area contributed by atoms with Crippen molar-refractivity contribution in [3.05, 3.63) is 40.2 Å². The molecule has 2 aromatic heterocycles. The predicted molar refractivity (Wildman–Crippen MR) is 71.0 cm³/mol. The Morgan fingerprint density at radius 3 is 2.94 bits per heavy atom. The maximum atomic E-state index is 11.0. The van der Waals surface area contributed by atoms with Gasteiger partial charge in [-0.15, -0.1) is 0 Å². The van der Waals surface area contributed by atoms with E-state index in [2.05, 4.69) is 27.6 Å². The monoisotopic (exact) mass is 345 g/mol. The molecule has 0 radical (unpaired) electrons. The quantitative estimate of drug-likeness (QED) is 0.844. The fourth-order valence-corrected chi connectivity index (χ4v) is 2.31. The van der Waals surface area contributed by atoms with Crippen LogP contribution in [0, 0.1) is 3.57 Å². The molecule has 0 amide bonds. The molecule has 0 aromatic carbocycles. The molecule has 0 saturated carbocycles. The van der Waals surface area contributed by atoms with Gasteiger partial charge in [0.1, 0.15) is 5.69 Å². The SMILES string of the molecule is O=C(O)c1cc(I)cn1CCCn1ccnc1. The Morgan fingerprint density at radius 2 is 2.29 bits per heavy atom. The lowest BCUT2D eigenvalue weighted by Crippen LogP contribution is -2.09. The number of nitrogens with zero attached hydrogens (tertiary/aromatic N) is 3. The van der Waals surface area contributed by atoms with Crippen molar-refractivity contribution in [3.63, 3.8) is 0 Å². The summed E-state index contributed by atoms with van der Waals surface area (Å²) in [6.07, 6.45) is 8.13. The zero-order valence-corrected chi connectivity index (χ0v) is 11.2. The molecule has 0 aliphatic rings. The normalized spacial score (nSPS) is 10.6. The van der Waals surface area contributed by atoms with Crippen LogP contribution in [0.2, 0.25) is 0 Å². The molecule has 17 heavy (non-hydrogen) atoms. The van der Waals surface area contributed by atoms with E-state index < -0.39 is 5.97 Å². The number of imidazole rings is 1. The number of aromatic nitrogens is 3. The molecular weight excluding hydrogens is 333 g/mol. The van der Waals surface area contributed by atoms with Crippen LogP contribution in [0.4, 0.5) is 0 Å². The molecule has 2 aromatic rings. The number of halogens is 1. The summed E-state index contributed by atoms with van der Waals surface area (Å²) < 4.78 is 4.71. The molecule has 2 rings (SSSR count). The highest BCUT2D eigenvalue weighted by atomic mass is 127. The lowest BCUT2D eigenvalue weighted by Gasteiger charge is -2.06. The van der Waals surface area contributed by atoms with Gasteiger partial charge in [-0.05, 0) is 35.1 Å². The van der Waals surface area contributed by atoms with Crippen LogP contribution in [0.5, 0.6) is 0 Å². The first-order valence-corrected chi connectivity index (χ1v) is 6.29. The van der Waals surface area contributed by atoms with Crippen molar-refractivity contribution in [2.75, 3.05) is 0 Å². The molecule has 0 aliphatic heterocycles. The van der Waals surface area contributed by atoms with Crippen LogP contribution in [0.1, 0.15) is 16.9 Å². The number of aromatic carboxylic acids is 1. The van der Waals surface area contributed by atoms with E-state index in [9.17, 15) is 4.79 Å². The second-order valence-electron chi connectivity index (χ2n) is 3.70. The van der Waals surface area contributed by atoms with Crippen molar-refractivity contribution in [3.8, 4) is 0 Å². The van der Waals surface area contributed by atoms with Gasteiger partial charge in [-0.25, -0.2) is 9.78 Å². The van der Waals surface area contributed by atoms with Gasteiger partial charge in [0.15, 0.2) is 0 Å². The van der Waals surface area contributed by atoms with Crippen LogP contribution in [0.15, 0.2) is 31.0 Å². The standard InChI is InChI=1S/C11H12IN3O2/c12-9-6-10(11(16)17)15(7-9)4-1-3-14-5-2-13-8-14/h2,5-8H,1,3-4H2,(H,16,17). The summed E-state index contributed by atoms with van der Waals surface area (Å²) in [5.41, 5.74) is 0.347. The highest BCUT2D eigenvalue weighted by molar-refractivity contribution is 14.1. The van der Waals surface area contributed by atoms with Crippen molar-refractivity contribution >= 4 is 28.6 Å². The number of rotatable bonds is 5. The number of carboxylic acids is 1. The Balaban J connectivity index is 1.96. The van der Waals surface area contributed by atoms with Gasteiger partial charge in [0.2, 0.25) is 0 Å². The van der Waals surface area contributed by atoms with Crippen LogP contribution in [0.25, 0.3) is 0 Å². The minimum absolute atomic E-state index is 0.347. The number of carboxylic acid groups (broad SMARTS) is 1. The maximum Gasteiger partial charge on any atom is 0.352 e. The minimum atomic E-state index is -0.879.